The molecular formula is C26H21NO4S2. The number of carbonyl (C=O) groups is 2. The SMILES string of the molecule is CCOC(=O)c1ccc(N2C(=O)/C(=C/c3cccc(OCc4ccccc4)c3)SC2=S)cc1. The van der Waals surface area contributed by atoms with Crippen LogP contribution in [0.3, 0.4) is 0 Å². The van der Waals surface area contributed by atoms with E-state index in [2.05, 4.69) is 0 Å². The van der Waals surface area contributed by atoms with E-state index in [1.807, 2.05) is 60.7 Å². The third-order valence-electron chi connectivity index (χ3n) is 4.83. The van der Waals surface area contributed by atoms with Crippen LogP contribution in [0.4, 0.5) is 5.69 Å². The number of anilines is 1. The molecule has 3 aromatic carbocycles. The molecule has 5 nitrogen and oxygen atoms in total. The number of benzene rings is 3. The molecule has 1 heterocycles. The van der Waals surface area contributed by atoms with E-state index in [9.17, 15) is 9.59 Å². The highest BCUT2D eigenvalue weighted by Gasteiger charge is 2.33. The van der Waals surface area contributed by atoms with Gasteiger partial charge in [0.05, 0.1) is 22.8 Å². The van der Waals surface area contributed by atoms with Crippen molar-refractivity contribution in [1.82, 2.24) is 0 Å². The zero-order valence-electron chi connectivity index (χ0n) is 17.9. The van der Waals surface area contributed by atoms with Crippen molar-refractivity contribution in [2.75, 3.05) is 11.5 Å². The first-order valence-electron chi connectivity index (χ1n) is 10.4. The summed E-state index contributed by atoms with van der Waals surface area (Å²) in [7, 11) is 0. The quantitative estimate of drug-likeness (QED) is 0.243. The van der Waals surface area contributed by atoms with E-state index < -0.39 is 5.97 Å². The Morgan fingerprint density at radius 3 is 2.52 bits per heavy atom. The Morgan fingerprint density at radius 1 is 1.03 bits per heavy atom. The molecule has 1 saturated heterocycles. The Bertz CT molecular complexity index is 1210. The maximum absolute atomic E-state index is 13.1. The standard InChI is InChI=1S/C26H21NO4S2/c1-2-30-25(29)20-11-13-21(14-12-20)27-24(28)23(33-26(27)32)16-19-9-6-10-22(15-19)31-17-18-7-4-3-5-8-18/h3-16H,2,17H2,1H3/b23-16-. The molecule has 0 spiro atoms. The number of nitrogens with zero attached hydrogens (tertiary/aromatic N) is 1. The fourth-order valence-corrected chi connectivity index (χ4v) is 4.54. The molecule has 33 heavy (non-hydrogen) atoms. The minimum atomic E-state index is -0.399. The van der Waals surface area contributed by atoms with E-state index >= 15 is 0 Å². The monoisotopic (exact) mass is 475 g/mol. The van der Waals surface area contributed by atoms with Gasteiger partial charge in [-0.3, -0.25) is 9.69 Å². The molecule has 0 aromatic heterocycles. The summed E-state index contributed by atoms with van der Waals surface area (Å²) >= 11 is 6.69. The van der Waals surface area contributed by atoms with Crippen LogP contribution < -0.4 is 9.64 Å². The summed E-state index contributed by atoms with van der Waals surface area (Å²) in [6.07, 6.45) is 1.81. The highest BCUT2D eigenvalue weighted by atomic mass is 32.2. The van der Waals surface area contributed by atoms with Gasteiger partial charge in [0.1, 0.15) is 12.4 Å². The van der Waals surface area contributed by atoms with E-state index in [4.69, 9.17) is 21.7 Å². The van der Waals surface area contributed by atoms with E-state index in [1.54, 1.807) is 31.2 Å². The van der Waals surface area contributed by atoms with Gasteiger partial charge in [-0.25, -0.2) is 4.79 Å². The lowest BCUT2D eigenvalue weighted by Gasteiger charge is -2.14. The van der Waals surface area contributed by atoms with Gasteiger partial charge in [-0.05, 0) is 60.5 Å². The lowest BCUT2D eigenvalue weighted by molar-refractivity contribution is -0.113. The Labute approximate surface area is 202 Å². The molecule has 7 heteroatoms. The molecule has 0 radical (unpaired) electrons. The molecule has 0 unspecified atom stereocenters. The number of ether oxygens (including phenoxy) is 2. The number of rotatable bonds is 7. The summed E-state index contributed by atoms with van der Waals surface area (Å²) in [5.41, 5.74) is 2.96. The smallest absolute Gasteiger partial charge is 0.338 e. The van der Waals surface area contributed by atoms with Gasteiger partial charge in [-0.1, -0.05) is 66.4 Å². The van der Waals surface area contributed by atoms with Crippen LogP contribution in [0.1, 0.15) is 28.4 Å². The first kappa shape index (κ1) is 22.8. The van der Waals surface area contributed by atoms with Crippen LogP contribution >= 0.6 is 24.0 Å². The van der Waals surface area contributed by atoms with Gasteiger partial charge in [-0.15, -0.1) is 0 Å². The van der Waals surface area contributed by atoms with Crippen LogP contribution in [-0.2, 0) is 16.1 Å². The molecule has 0 bridgehead atoms. The van der Waals surface area contributed by atoms with Crippen molar-refractivity contribution in [2.24, 2.45) is 0 Å². The van der Waals surface area contributed by atoms with Gasteiger partial charge in [-0.2, -0.15) is 0 Å². The molecule has 0 atom stereocenters. The van der Waals surface area contributed by atoms with Gasteiger partial charge in [0, 0.05) is 0 Å². The number of hydrogen-bond donors (Lipinski definition) is 0. The zero-order valence-corrected chi connectivity index (χ0v) is 19.5. The van der Waals surface area contributed by atoms with Crippen LogP contribution in [0, 0.1) is 0 Å². The number of hydrogen-bond acceptors (Lipinski definition) is 6. The van der Waals surface area contributed by atoms with Crippen LogP contribution in [0.5, 0.6) is 5.75 Å². The molecule has 1 aliphatic heterocycles. The number of esters is 1. The first-order valence-corrected chi connectivity index (χ1v) is 11.6. The number of thioether (sulfide) groups is 1. The predicted octanol–water partition coefficient (Wildman–Crippen LogP) is 5.85. The molecule has 1 aliphatic rings. The first-order chi connectivity index (χ1) is 16.0. The van der Waals surface area contributed by atoms with Crippen molar-refractivity contribution in [3.8, 4) is 5.75 Å². The van der Waals surface area contributed by atoms with Crippen molar-refractivity contribution in [2.45, 2.75) is 13.5 Å². The maximum Gasteiger partial charge on any atom is 0.338 e. The van der Waals surface area contributed by atoms with Crippen molar-refractivity contribution >= 4 is 51.9 Å². The summed E-state index contributed by atoms with van der Waals surface area (Å²) < 4.78 is 11.3. The maximum atomic E-state index is 13.1. The molecule has 0 aliphatic carbocycles. The molecule has 0 N–H and O–H groups in total. The van der Waals surface area contributed by atoms with Crippen LogP contribution in [0.2, 0.25) is 0 Å². The molecule has 4 rings (SSSR count). The second-order valence-electron chi connectivity index (χ2n) is 7.13. The molecular weight excluding hydrogens is 454 g/mol. The third kappa shape index (κ3) is 5.50. The van der Waals surface area contributed by atoms with E-state index in [-0.39, 0.29) is 5.91 Å². The largest absolute Gasteiger partial charge is 0.489 e. The zero-order chi connectivity index (χ0) is 23.2. The Morgan fingerprint density at radius 2 is 1.79 bits per heavy atom. The van der Waals surface area contributed by atoms with Crippen molar-refractivity contribution in [3.05, 3.63) is 100 Å². The van der Waals surface area contributed by atoms with Crippen LogP contribution in [0.15, 0.2) is 83.8 Å². The molecule has 166 valence electrons. The highest BCUT2D eigenvalue weighted by molar-refractivity contribution is 8.27. The third-order valence-corrected chi connectivity index (χ3v) is 6.14. The average Bonchev–Trinajstić information content (AvgIpc) is 3.11. The van der Waals surface area contributed by atoms with Gasteiger partial charge >= 0.3 is 5.97 Å². The summed E-state index contributed by atoms with van der Waals surface area (Å²) in [6.45, 7) is 2.52. The summed E-state index contributed by atoms with van der Waals surface area (Å²) in [4.78, 5) is 26.9. The number of carbonyl (C=O) groups excluding carboxylic acids is 2. The lowest BCUT2D eigenvalue weighted by Crippen LogP contribution is -2.27. The second kappa shape index (κ2) is 10.5. The Kier molecular flexibility index (Phi) is 7.22. The van der Waals surface area contributed by atoms with Crippen molar-refractivity contribution in [1.29, 1.82) is 0 Å². The summed E-state index contributed by atoms with van der Waals surface area (Å²) in [6, 6.07) is 24.2. The summed E-state index contributed by atoms with van der Waals surface area (Å²) in [5, 5.41) is 0. The normalized spacial score (nSPS) is 14.6. The van der Waals surface area contributed by atoms with Gasteiger partial charge in [0.2, 0.25) is 0 Å². The lowest BCUT2D eigenvalue weighted by atomic mass is 10.2. The number of amides is 1. The minimum Gasteiger partial charge on any atom is -0.489 e. The van der Waals surface area contributed by atoms with E-state index in [0.717, 1.165) is 16.9 Å². The fourth-order valence-electron chi connectivity index (χ4n) is 3.24. The van der Waals surface area contributed by atoms with Crippen molar-refractivity contribution < 1.29 is 19.1 Å². The fraction of sp³-hybridized carbons (Fsp3) is 0.115. The Balaban J connectivity index is 1.48. The van der Waals surface area contributed by atoms with Gasteiger partial charge in [0.25, 0.3) is 5.91 Å². The molecule has 1 fully saturated rings. The van der Waals surface area contributed by atoms with Gasteiger partial charge < -0.3 is 9.47 Å². The Hall–Kier alpha value is -3.42. The topological polar surface area (TPSA) is 55.8 Å². The highest BCUT2D eigenvalue weighted by Crippen LogP contribution is 2.36. The van der Waals surface area contributed by atoms with E-state index in [1.165, 1.54) is 16.7 Å². The molecule has 1 amide bonds. The molecule has 3 aromatic rings. The van der Waals surface area contributed by atoms with Crippen molar-refractivity contribution in [3.63, 3.8) is 0 Å². The predicted molar refractivity (Wildman–Crippen MR) is 135 cm³/mol. The summed E-state index contributed by atoms with van der Waals surface area (Å²) in [5.74, 6) is 0.117. The van der Waals surface area contributed by atoms with Gasteiger partial charge in [0.15, 0.2) is 4.32 Å². The van der Waals surface area contributed by atoms with Crippen LogP contribution in [-0.4, -0.2) is 22.8 Å². The van der Waals surface area contributed by atoms with E-state index in [0.29, 0.717) is 33.7 Å². The number of thiocarbonyl (C=S) groups is 1. The average molecular weight is 476 g/mol. The minimum absolute atomic E-state index is 0.204. The second-order valence-corrected chi connectivity index (χ2v) is 8.81. The van der Waals surface area contributed by atoms with Crippen LogP contribution in [0.25, 0.3) is 6.08 Å². The molecule has 0 saturated carbocycles.